The highest BCUT2D eigenvalue weighted by atomic mass is 35.5. The number of hydrogen-bond acceptors (Lipinski definition) is 4. The summed E-state index contributed by atoms with van der Waals surface area (Å²) in [5.41, 5.74) is 1.21. The summed E-state index contributed by atoms with van der Waals surface area (Å²) < 4.78 is 5.22. The second-order valence-electron chi connectivity index (χ2n) is 8.55. The van der Waals surface area contributed by atoms with Crippen LogP contribution in [0.2, 0.25) is 5.02 Å². The number of likely N-dealkylation sites (N-methyl/N-ethyl adjacent to an activating group) is 1. The molecule has 172 valence electrons. The average molecular weight is 460 g/mol. The van der Waals surface area contributed by atoms with Crippen LogP contribution in [0.5, 0.6) is 0 Å². The number of benzene rings is 2. The minimum atomic E-state index is -0.942. The van der Waals surface area contributed by atoms with E-state index in [0.717, 1.165) is 5.56 Å². The van der Waals surface area contributed by atoms with E-state index in [4.69, 9.17) is 16.3 Å². The number of para-hydroxylation sites is 1. The van der Waals surface area contributed by atoms with Crippen molar-refractivity contribution in [1.29, 1.82) is 0 Å². The van der Waals surface area contributed by atoms with Gasteiger partial charge in [0.2, 0.25) is 5.91 Å². The van der Waals surface area contributed by atoms with Gasteiger partial charge in [-0.3, -0.25) is 9.59 Å². The molecule has 2 aromatic rings. The van der Waals surface area contributed by atoms with E-state index < -0.39 is 35.6 Å². The lowest BCUT2D eigenvalue weighted by atomic mass is 10.0. The number of hydrogen-bond donors (Lipinski definition) is 2. The zero-order valence-electron chi connectivity index (χ0n) is 19.2. The van der Waals surface area contributed by atoms with Gasteiger partial charge in [-0.2, -0.15) is 0 Å². The predicted molar refractivity (Wildman–Crippen MR) is 126 cm³/mol. The van der Waals surface area contributed by atoms with Crippen molar-refractivity contribution >= 4 is 35.2 Å². The molecule has 7 nitrogen and oxygen atoms in total. The maximum absolute atomic E-state index is 13.3. The number of carbonyl (C=O) groups excluding carboxylic acids is 3. The highest BCUT2D eigenvalue weighted by Gasteiger charge is 2.32. The molecular formula is C24H30ClN3O4. The topological polar surface area (TPSA) is 87.7 Å². The summed E-state index contributed by atoms with van der Waals surface area (Å²) in [6, 6.07) is 12.4. The van der Waals surface area contributed by atoms with Crippen molar-refractivity contribution in [3.63, 3.8) is 0 Å². The highest BCUT2D eigenvalue weighted by Crippen LogP contribution is 2.28. The van der Waals surface area contributed by atoms with Gasteiger partial charge >= 0.3 is 6.09 Å². The first-order valence-corrected chi connectivity index (χ1v) is 10.7. The summed E-state index contributed by atoms with van der Waals surface area (Å²) in [5.74, 6) is -0.872. The van der Waals surface area contributed by atoms with Crippen LogP contribution >= 0.6 is 11.6 Å². The summed E-state index contributed by atoms with van der Waals surface area (Å²) in [6.45, 7) is 8.58. The Labute approximate surface area is 194 Å². The molecule has 0 bridgehead atoms. The van der Waals surface area contributed by atoms with Crippen LogP contribution in [-0.2, 0) is 14.3 Å². The van der Waals surface area contributed by atoms with Crippen LogP contribution in [0.3, 0.4) is 0 Å². The molecule has 2 rings (SSSR count). The minimum Gasteiger partial charge on any atom is -0.444 e. The Balaban J connectivity index is 2.27. The molecule has 2 N–H and O–H groups in total. The maximum atomic E-state index is 13.3. The highest BCUT2D eigenvalue weighted by molar-refractivity contribution is 6.34. The Morgan fingerprint density at radius 3 is 2.22 bits per heavy atom. The Morgan fingerprint density at radius 2 is 1.66 bits per heavy atom. The Hall–Kier alpha value is -3.06. The number of alkyl carbamates (subject to hydrolysis) is 1. The molecule has 3 amide bonds. The lowest BCUT2D eigenvalue weighted by Gasteiger charge is -2.30. The fourth-order valence-corrected chi connectivity index (χ4v) is 3.42. The van der Waals surface area contributed by atoms with Crippen LogP contribution in [0.25, 0.3) is 0 Å². The summed E-state index contributed by atoms with van der Waals surface area (Å²) >= 11 is 6.27. The zero-order chi connectivity index (χ0) is 24.1. The van der Waals surface area contributed by atoms with Crippen LogP contribution < -0.4 is 10.6 Å². The standard InChI is InChI=1S/C24H30ClN3O4/c1-15-11-10-14-18(25)19(15)27-21(29)20(17-12-8-7-9-13-17)28(6)22(30)16(2)26-23(31)32-24(3,4)5/h7-14,16,20H,1-6H3,(H,26,31)(H,27,29). The average Bonchev–Trinajstić information content (AvgIpc) is 2.69. The van der Waals surface area contributed by atoms with Gasteiger partial charge in [0, 0.05) is 7.05 Å². The smallest absolute Gasteiger partial charge is 0.408 e. The molecule has 0 saturated carbocycles. The number of nitrogens with one attached hydrogen (secondary N) is 2. The van der Waals surface area contributed by atoms with Gasteiger partial charge < -0.3 is 20.3 Å². The molecule has 8 heteroatoms. The van der Waals surface area contributed by atoms with Crippen LogP contribution in [-0.4, -0.2) is 41.5 Å². The first-order chi connectivity index (χ1) is 14.9. The molecule has 32 heavy (non-hydrogen) atoms. The predicted octanol–water partition coefficient (Wildman–Crippen LogP) is 4.70. The first kappa shape index (κ1) is 25.2. The van der Waals surface area contributed by atoms with Crippen LogP contribution in [0.4, 0.5) is 10.5 Å². The number of rotatable bonds is 6. The van der Waals surface area contributed by atoms with Gasteiger partial charge in [0.25, 0.3) is 5.91 Å². The SMILES string of the molecule is Cc1cccc(Cl)c1NC(=O)C(c1ccccc1)N(C)C(=O)C(C)NC(=O)OC(C)(C)C. The molecule has 0 aromatic heterocycles. The number of carbonyl (C=O) groups is 3. The van der Waals surface area contributed by atoms with Crippen molar-refractivity contribution in [2.45, 2.75) is 52.3 Å². The summed E-state index contributed by atoms with van der Waals surface area (Å²) in [7, 11) is 1.52. The van der Waals surface area contributed by atoms with E-state index in [1.54, 1.807) is 64.1 Å². The minimum absolute atomic E-state index is 0.402. The molecule has 0 aliphatic carbocycles. The van der Waals surface area contributed by atoms with E-state index in [-0.39, 0.29) is 0 Å². The second-order valence-corrected chi connectivity index (χ2v) is 8.96. The molecule has 0 radical (unpaired) electrons. The molecule has 0 spiro atoms. The summed E-state index contributed by atoms with van der Waals surface area (Å²) in [6.07, 6.45) is -0.709. The van der Waals surface area contributed by atoms with E-state index in [0.29, 0.717) is 16.3 Å². The third-order valence-corrected chi connectivity index (χ3v) is 4.99. The molecule has 2 aromatic carbocycles. The van der Waals surface area contributed by atoms with Gasteiger partial charge in [0.1, 0.15) is 17.7 Å². The van der Waals surface area contributed by atoms with Gasteiger partial charge in [-0.1, -0.05) is 54.1 Å². The number of aryl methyl sites for hydroxylation is 1. The number of anilines is 1. The van der Waals surface area contributed by atoms with Crippen LogP contribution in [0.1, 0.15) is 44.9 Å². The monoisotopic (exact) mass is 459 g/mol. The van der Waals surface area contributed by atoms with Gasteiger partial charge in [-0.05, 0) is 51.8 Å². The van der Waals surface area contributed by atoms with E-state index in [2.05, 4.69) is 10.6 Å². The molecule has 0 fully saturated rings. The molecule has 0 aliphatic rings. The normalized spacial score (nSPS) is 13.0. The van der Waals surface area contributed by atoms with Crippen LogP contribution in [0.15, 0.2) is 48.5 Å². The van der Waals surface area contributed by atoms with Gasteiger partial charge in [-0.25, -0.2) is 4.79 Å². The Kier molecular flexibility index (Phi) is 8.27. The van der Waals surface area contributed by atoms with Crippen molar-refractivity contribution in [3.8, 4) is 0 Å². The van der Waals surface area contributed by atoms with E-state index in [1.165, 1.54) is 11.9 Å². The molecular weight excluding hydrogens is 430 g/mol. The first-order valence-electron chi connectivity index (χ1n) is 10.3. The lowest BCUT2D eigenvalue weighted by Crippen LogP contribution is -2.49. The molecule has 2 atom stereocenters. The number of nitrogens with zero attached hydrogens (tertiary/aromatic N) is 1. The van der Waals surface area contributed by atoms with E-state index in [1.807, 2.05) is 19.1 Å². The van der Waals surface area contributed by atoms with Crippen molar-refractivity contribution in [1.82, 2.24) is 10.2 Å². The maximum Gasteiger partial charge on any atom is 0.408 e. The molecule has 0 aliphatic heterocycles. The zero-order valence-corrected chi connectivity index (χ0v) is 20.0. The number of ether oxygens (including phenoxy) is 1. The number of halogens is 1. The summed E-state index contributed by atoms with van der Waals surface area (Å²) in [5, 5.41) is 5.77. The largest absolute Gasteiger partial charge is 0.444 e. The van der Waals surface area contributed by atoms with Crippen LogP contribution in [0, 0.1) is 6.92 Å². The Bertz CT molecular complexity index is 953. The quantitative estimate of drug-likeness (QED) is 0.655. The van der Waals surface area contributed by atoms with E-state index in [9.17, 15) is 14.4 Å². The van der Waals surface area contributed by atoms with Crippen molar-refractivity contribution in [2.24, 2.45) is 0 Å². The van der Waals surface area contributed by atoms with E-state index >= 15 is 0 Å². The third-order valence-electron chi connectivity index (χ3n) is 4.67. The van der Waals surface area contributed by atoms with Gasteiger partial charge in [0.05, 0.1) is 10.7 Å². The number of amides is 3. The molecule has 0 saturated heterocycles. The lowest BCUT2D eigenvalue weighted by molar-refractivity contribution is -0.138. The molecule has 2 unspecified atom stereocenters. The van der Waals surface area contributed by atoms with Gasteiger partial charge in [-0.15, -0.1) is 0 Å². The fourth-order valence-electron chi connectivity index (χ4n) is 3.15. The third kappa shape index (κ3) is 6.72. The summed E-state index contributed by atoms with van der Waals surface area (Å²) in [4.78, 5) is 39.8. The van der Waals surface area contributed by atoms with Crippen molar-refractivity contribution in [2.75, 3.05) is 12.4 Å². The Morgan fingerprint density at radius 1 is 1.03 bits per heavy atom. The van der Waals surface area contributed by atoms with Crippen molar-refractivity contribution in [3.05, 3.63) is 64.7 Å². The van der Waals surface area contributed by atoms with Crippen molar-refractivity contribution < 1.29 is 19.1 Å². The fraction of sp³-hybridized carbons (Fsp3) is 0.375. The van der Waals surface area contributed by atoms with Gasteiger partial charge in [0.15, 0.2) is 0 Å². The second kappa shape index (κ2) is 10.5. The molecule has 0 heterocycles.